The molecule has 1 heterocycles. The summed E-state index contributed by atoms with van der Waals surface area (Å²) in [5, 5.41) is 0. The van der Waals surface area contributed by atoms with Crippen molar-refractivity contribution in [3.63, 3.8) is 0 Å². The van der Waals surface area contributed by atoms with Crippen LogP contribution in [0, 0.1) is 0 Å². The van der Waals surface area contributed by atoms with Crippen LogP contribution in [-0.2, 0) is 0 Å². The van der Waals surface area contributed by atoms with Crippen molar-refractivity contribution in [2.24, 2.45) is 10.7 Å². The largest absolute Gasteiger partial charge is 0.318 e. The van der Waals surface area contributed by atoms with Crippen LogP contribution in [0.1, 0.15) is 6.92 Å². The zero-order valence-corrected chi connectivity index (χ0v) is 5.41. The maximum atomic E-state index is 5.70. The fourth-order valence-electron chi connectivity index (χ4n) is 0.609. The second kappa shape index (κ2) is 2.15. The molecule has 1 aliphatic heterocycles. The van der Waals surface area contributed by atoms with Crippen LogP contribution in [0.4, 0.5) is 0 Å². The molecule has 1 rings (SSSR count). The summed E-state index contributed by atoms with van der Waals surface area (Å²) in [6.45, 7) is 1.90. The van der Waals surface area contributed by atoms with E-state index in [1.54, 1.807) is 12.4 Å². The quantitative estimate of drug-likeness (QED) is 0.508. The molecule has 2 N–H and O–H groups in total. The van der Waals surface area contributed by atoms with E-state index in [0.29, 0.717) is 0 Å². The standard InChI is InChI=1S/C7H10N2/c1-7(8)4-2-3-5-9-6-7/h2-6H,8H2,1H3. The van der Waals surface area contributed by atoms with Gasteiger partial charge in [0.2, 0.25) is 0 Å². The average molecular weight is 122 g/mol. The second-order valence-electron chi connectivity index (χ2n) is 2.34. The minimum atomic E-state index is -0.372. The molecule has 0 spiro atoms. The van der Waals surface area contributed by atoms with E-state index in [0.717, 1.165) is 0 Å². The molecule has 2 nitrogen and oxygen atoms in total. The molecule has 0 aromatic rings. The number of nitrogens with two attached hydrogens (primary N) is 1. The maximum absolute atomic E-state index is 5.70. The number of allylic oxidation sites excluding steroid dienone is 2. The van der Waals surface area contributed by atoms with Gasteiger partial charge in [-0.1, -0.05) is 12.2 Å². The van der Waals surface area contributed by atoms with Crippen molar-refractivity contribution >= 4 is 6.21 Å². The van der Waals surface area contributed by atoms with Crippen molar-refractivity contribution in [1.29, 1.82) is 0 Å². The highest BCUT2D eigenvalue weighted by molar-refractivity contribution is 5.73. The first-order valence-electron chi connectivity index (χ1n) is 2.88. The first kappa shape index (κ1) is 6.23. The molecule has 9 heavy (non-hydrogen) atoms. The van der Waals surface area contributed by atoms with Gasteiger partial charge in [-0.3, -0.25) is 4.99 Å². The third-order valence-corrected chi connectivity index (χ3v) is 1.09. The van der Waals surface area contributed by atoms with Crippen LogP contribution in [0.2, 0.25) is 0 Å². The molecule has 0 aromatic heterocycles. The Morgan fingerprint density at radius 1 is 1.44 bits per heavy atom. The van der Waals surface area contributed by atoms with Gasteiger partial charge >= 0.3 is 0 Å². The minimum Gasteiger partial charge on any atom is -0.318 e. The number of rotatable bonds is 0. The number of hydrogen-bond acceptors (Lipinski definition) is 2. The van der Waals surface area contributed by atoms with Crippen LogP contribution < -0.4 is 5.73 Å². The Hall–Kier alpha value is -0.890. The summed E-state index contributed by atoms with van der Waals surface area (Å²) in [6, 6.07) is 0. The lowest BCUT2D eigenvalue weighted by molar-refractivity contribution is 0.801. The summed E-state index contributed by atoms with van der Waals surface area (Å²) in [5.41, 5.74) is 5.33. The predicted molar refractivity (Wildman–Crippen MR) is 39.4 cm³/mol. The molecule has 1 unspecified atom stereocenters. The Morgan fingerprint density at radius 3 is 3.00 bits per heavy atom. The molecule has 0 aromatic carbocycles. The van der Waals surface area contributed by atoms with Crippen LogP contribution in [0.15, 0.2) is 29.4 Å². The molecule has 0 saturated carbocycles. The highest BCUT2D eigenvalue weighted by atomic mass is 14.8. The van der Waals surface area contributed by atoms with Gasteiger partial charge < -0.3 is 5.73 Å². The van der Waals surface area contributed by atoms with Gasteiger partial charge in [0.1, 0.15) is 0 Å². The van der Waals surface area contributed by atoms with Crippen LogP contribution in [0.3, 0.4) is 0 Å². The lowest BCUT2D eigenvalue weighted by Gasteiger charge is -2.10. The van der Waals surface area contributed by atoms with Gasteiger partial charge in [0.05, 0.1) is 5.54 Å². The van der Waals surface area contributed by atoms with E-state index in [1.165, 1.54) is 0 Å². The zero-order chi connectivity index (χ0) is 6.74. The van der Waals surface area contributed by atoms with Crippen molar-refractivity contribution in [2.75, 3.05) is 0 Å². The summed E-state index contributed by atoms with van der Waals surface area (Å²) in [7, 11) is 0. The molecule has 0 saturated heterocycles. The summed E-state index contributed by atoms with van der Waals surface area (Å²) < 4.78 is 0. The van der Waals surface area contributed by atoms with E-state index in [1.807, 2.05) is 25.2 Å². The molecule has 0 bridgehead atoms. The van der Waals surface area contributed by atoms with Crippen LogP contribution in [-0.4, -0.2) is 11.8 Å². The smallest absolute Gasteiger partial charge is 0.0673 e. The third-order valence-electron chi connectivity index (χ3n) is 1.09. The minimum absolute atomic E-state index is 0.372. The normalized spacial score (nSPS) is 32.7. The molecule has 2 heteroatoms. The Kier molecular flexibility index (Phi) is 1.49. The van der Waals surface area contributed by atoms with Crippen LogP contribution >= 0.6 is 0 Å². The third kappa shape index (κ3) is 1.82. The van der Waals surface area contributed by atoms with Gasteiger partial charge in [0.15, 0.2) is 0 Å². The number of hydrogen-bond donors (Lipinski definition) is 1. The van der Waals surface area contributed by atoms with Gasteiger partial charge in [0.25, 0.3) is 0 Å². The van der Waals surface area contributed by atoms with E-state index in [4.69, 9.17) is 5.73 Å². The first-order chi connectivity index (χ1) is 4.21. The molecular formula is C7H10N2. The van der Waals surface area contributed by atoms with E-state index in [-0.39, 0.29) is 5.54 Å². The highest BCUT2D eigenvalue weighted by Crippen LogP contribution is 2.00. The zero-order valence-electron chi connectivity index (χ0n) is 5.41. The van der Waals surface area contributed by atoms with Gasteiger partial charge in [-0.15, -0.1) is 0 Å². The van der Waals surface area contributed by atoms with Crippen molar-refractivity contribution in [3.8, 4) is 0 Å². The Morgan fingerprint density at radius 2 is 2.22 bits per heavy atom. The molecule has 0 aliphatic carbocycles. The number of nitrogens with zero attached hydrogens (tertiary/aromatic N) is 1. The summed E-state index contributed by atoms with van der Waals surface area (Å²) in [6.07, 6.45) is 9.09. The van der Waals surface area contributed by atoms with Crippen LogP contribution in [0.25, 0.3) is 0 Å². The Balaban J connectivity index is 2.82. The lowest BCUT2D eigenvalue weighted by atomic mass is 10.1. The van der Waals surface area contributed by atoms with Gasteiger partial charge in [-0.05, 0) is 13.0 Å². The lowest BCUT2D eigenvalue weighted by Crippen LogP contribution is -2.34. The fourth-order valence-corrected chi connectivity index (χ4v) is 0.609. The van der Waals surface area contributed by atoms with Crippen molar-refractivity contribution in [2.45, 2.75) is 12.5 Å². The van der Waals surface area contributed by atoms with E-state index >= 15 is 0 Å². The summed E-state index contributed by atoms with van der Waals surface area (Å²) >= 11 is 0. The van der Waals surface area contributed by atoms with E-state index in [9.17, 15) is 0 Å². The summed E-state index contributed by atoms with van der Waals surface area (Å²) in [5.74, 6) is 0. The maximum Gasteiger partial charge on any atom is 0.0673 e. The van der Waals surface area contributed by atoms with Gasteiger partial charge in [0, 0.05) is 12.4 Å². The topological polar surface area (TPSA) is 38.4 Å². The van der Waals surface area contributed by atoms with Crippen molar-refractivity contribution in [3.05, 3.63) is 24.4 Å². The van der Waals surface area contributed by atoms with Gasteiger partial charge in [-0.2, -0.15) is 0 Å². The molecular weight excluding hydrogens is 112 g/mol. The van der Waals surface area contributed by atoms with Gasteiger partial charge in [-0.25, -0.2) is 0 Å². The Labute approximate surface area is 54.8 Å². The summed E-state index contributed by atoms with van der Waals surface area (Å²) in [4.78, 5) is 3.93. The average Bonchev–Trinajstić information content (AvgIpc) is 1.92. The molecule has 48 valence electrons. The molecule has 0 radical (unpaired) electrons. The SMILES string of the molecule is CC1(N)C=CC=CN=C1. The number of aliphatic imine (C=N–C) groups is 1. The fraction of sp³-hybridized carbons (Fsp3) is 0.286. The first-order valence-corrected chi connectivity index (χ1v) is 2.88. The highest BCUT2D eigenvalue weighted by Gasteiger charge is 2.09. The molecule has 0 fully saturated rings. The predicted octanol–water partition coefficient (Wildman–Crippen LogP) is 0.858. The van der Waals surface area contributed by atoms with E-state index < -0.39 is 0 Å². The van der Waals surface area contributed by atoms with Crippen molar-refractivity contribution in [1.82, 2.24) is 0 Å². The Bertz CT molecular complexity index is 157. The van der Waals surface area contributed by atoms with Crippen LogP contribution in [0.5, 0.6) is 0 Å². The second-order valence-corrected chi connectivity index (χ2v) is 2.34. The molecule has 1 atom stereocenters. The van der Waals surface area contributed by atoms with E-state index in [2.05, 4.69) is 4.99 Å². The van der Waals surface area contributed by atoms with Crippen molar-refractivity contribution < 1.29 is 0 Å². The molecule has 0 amide bonds. The molecule has 1 aliphatic rings. The monoisotopic (exact) mass is 122 g/mol.